The van der Waals surface area contributed by atoms with Gasteiger partial charge in [0.1, 0.15) is 23.0 Å². The molecule has 6 nitrogen and oxygen atoms in total. The number of benzene rings is 2. The molecule has 0 saturated heterocycles. The van der Waals surface area contributed by atoms with Crippen molar-refractivity contribution in [1.82, 2.24) is 9.97 Å². The molecule has 3 N–H and O–H groups in total. The molecule has 3 aromatic rings. The largest absolute Gasteiger partial charge is 0.497 e. The Hall–Kier alpha value is -3.62. The van der Waals surface area contributed by atoms with E-state index in [0.717, 1.165) is 17.7 Å². The van der Waals surface area contributed by atoms with E-state index in [1.165, 1.54) is 12.1 Å². The van der Waals surface area contributed by atoms with Crippen LogP contribution in [0.3, 0.4) is 0 Å². The number of hydrogen-bond donors (Lipinski definition) is 3. The van der Waals surface area contributed by atoms with Gasteiger partial charge < -0.3 is 20.4 Å². The van der Waals surface area contributed by atoms with Crippen molar-refractivity contribution in [2.24, 2.45) is 0 Å². The Balaban J connectivity index is 1.93. The van der Waals surface area contributed by atoms with Gasteiger partial charge in [0.25, 0.3) is 5.56 Å². The molecule has 0 spiro atoms. The summed E-state index contributed by atoms with van der Waals surface area (Å²) in [5, 5.41) is 11.5. The average Bonchev–Trinajstić information content (AvgIpc) is 2.79. The van der Waals surface area contributed by atoms with E-state index in [1.54, 1.807) is 14.0 Å². The van der Waals surface area contributed by atoms with Gasteiger partial charge in [0.05, 0.1) is 12.7 Å². The predicted octanol–water partition coefficient (Wildman–Crippen LogP) is 5.73. The summed E-state index contributed by atoms with van der Waals surface area (Å²) in [7, 11) is 1.58. The Morgan fingerprint density at radius 2 is 1.79 bits per heavy atom. The van der Waals surface area contributed by atoms with Crippen LogP contribution in [-0.2, 0) is 12.6 Å². The Bertz CT molecular complexity index is 1190. The summed E-state index contributed by atoms with van der Waals surface area (Å²) < 4.78 is 43.9. The molecule has 0 radical (unpaired) electrons. The fourth-order valence-electron chi connectivity index (χ4n) is 3.55. The molecule has 1 atom stereocenters. The molecule has 9 heteroatoms. The molecule has 0 aliphatic carbocycles. The molecule has 1 heterocycles. The molecule has 34 heavy (non-hydrogen) atoms. The zero-order valence-electron chi connectivity index (χ0n) is 19.2. The quantitative estimate of drug-likeness (QED) is 0.347. The molecule has 1 aromatic heterocycles. The van der Waals surface area contributed by atoms with Crippen LogP contribution >= 0.6 is 0 Å². The molecule has 0 aliphatic rings. The van der Waals surface area contributed by atoms with Crippen LogP contribution in [0.5, 0.6) is 5.75 Å². The number of aromatic amines is 1. The highest BCUT2D eigenvalue weighted by molar-refractivity contribution is 6.01. The monoisotopic (exact) mass is 472 g/mol. The number of halogens is 3. The van der Waals surface area contributed by atoms with Gasteiger partial charge in [-0.05, 0) is 48.7 Å². The predicted molar refractivity (Wildman–Crippen MR) is 126 cm³/mol. The highest BCUT2D eigenvalue weighted by Gasteiger charge is 2.30. The van der Waals surface area contributed by atoms with Crippen LogP contribution in [0.2, 0.25) is 0 Å². The maximum Gasteiger partial charge on any atom is 0.416 e. The zero-order chi connectivity index (χ0) is 24.9. The van der Waals surface area contributed by atoms with Crippen molar-refractivity contribution in [2.45, 2.75) is 45.3 Å². The number of alkyl halides is 3. The maximum absolute atomic E-state index is 12.9. The summed E-state index contributed by atoms with van der Waals surface area (Å²) >= 11 is 0. The minimum absolute atomic E-state index is 0.138. The number of H-pyrrole nitrogens is 1. The molecule has 0 aliphatic heterocycles. The second-order valence-corrected chi connectivity index (χ2v) is 7.98. The average molecular weight is 473 g/mol. The van der Waals surface area contributed by atoms with Crippen molar-refractivity contribution in [3.63, 3.8) is 0 Å². The van der Waals surface area contributed by atoms with Crippen LogP contribution in [0, 0.1) is 5.41 Å². The summed E-state index contributed by atoms with van der Waals surface area (Å²) in [6.07, 6.45) is -2.99. The minimum Gasteiger partial charge on any atom is -0.497 e. The summed E-state index contributed by atoms with van der Waals surface area (Å²) in [6, 6.07) is 11.7. The van der Waals surface area contributed by atoms with Crippen molar-refractivity contribution in [3.05, 3.63) is 87.0 Å². The van der Waals surface area contributed by atoms with E-state index in [0.29, 0.717) is 36.4 Å². The molecular formula is C25H27F3N4O2. The van der Waals surface area contributed by atoms with Crippen molar-refractivity contribution < 1.29 is 17.9 Å². The fraction of sp³-hybridized carbons (Fsp3) is 0.320. The number of ether oxygens (including phenoxy) is 1. The van der Waals surface area contributed by atoms with Crippen LogP contribution in [-0.4, -0.2) is 22.8 Å². The summed E-state index contributed by atoms with van der Waals surface area (Å²) in [6.45, 7) is 3.67. The SMILES string of the molecule is CCCC(=N)c1c(NC(C)c2ccc(C(F)(F)F)cc2)nc(Cc2ccc(OC)cc2)[nH]c1=O. The summed E-state index contributed by atoms with van der Waals surface area (Å²) in [4.78, 5) is 20.3. The van der Waals surface area contributed by atoms with Crippen molar-refractivity contribution in [1.29, 1.82) is 5.41 Å². The Morgan fingerprint density at radius 1 is 1.15 bits per heavy atom. The van der Waals surface area contributed by atoms with E-state index >= 15 is 0 Å². The Labute approximate surface area is 195 Å². The van der Waals surface area contributed by atoms with E-state index in [2.05, 4.69) is 15.3 Å². The van der Waals surface area contributed by atoms with Gasteiger partial charge in [-0.25, -0.2) is 4.98 Å². The number of nitrogens with one attached hydrogen (secondary N) is 3. The maximum atomic E-state index is 12.9. The third-order valence-corrected chi connectivity index (χ3v) is 5.39. The van der Waals surface area contributed by atoms with Gasteiger partial charge in [0, 0.05) is 18.2 Å². The normalized spacial score (nSPS) is 12.3. The van der Waals surface area contributed by atoms with E-state index in [9.17, 15) is 18.0 Å². The highest BCUT2D eigenvalue weighted by atomic mass is 19.4. The van der Waals surface area contributed by atoms with Gasteiger partial charge >= 0.3 is 6.18 Å². The van der Waals surface area contributed by atoms with E-state index in [-0.39, 0.29) is 17.1 Å². The molecule has 0 bridgehead atoms. The van der Waals surface area contributed by atoms with Crippen LogP contribution in [0.4, 0.5) is 19.0 Å². The van der Waals surface area contributed by atoms with Crippen LogP contribution < -0.4 is 15.6 Å². The third kappa shape index (κ3) is 6.03. The lowest BCUT2D eigenvalue weighted by Crippen LogP contribution is -2.25. The number of methoxy groups -OCH3 is 1. The standard InChI is InChI=1S/C25H27F3N4O2/c1-4-5-20(29)22-23(30-15(2)17-8-10-18(11-9-17)25(26,27)28)31-21(32-24(22)33)14-16-6-12-19(34-3)13-7-16/h6-13,15,29H,4-5,14H2,1-3H3,(H2,30,31,32,33). The van der Waals surface area contributed by atoms with E-state index < -0.39 is 23.3 Å². The van der Waals surface area contributed by atoms with Gasteiger partial charge in [-0.15, -0.1) is 0 Å². The zero-order valence-corrected chi connectivity index (χ0v) is 19.2. The summed E-state index contributed by atoms with van der Waals surface area (Å²) in [5.74, 6) is 1.35. The lowest BCUT2D eigenvalue weighted by Gasteiger charge is -2.19. The highest BCUT2D eigenvalue weighted by Crippen LogP contribution is 2.30. The number of aromatic nitrogens is 2. The van der Waals surface area contributed by atoms with Crippen LogP contribution in [0.15, 0.2) is 53.3 Å². The van der Waals surface area contributed by atoms with Crippen LogP contribution in [0.25, 0.3) is 0 Å². The molecule has 0 amide bonds. The minimum atomic E-state index is -4.41. The molecule has 3 rings (SSSR count). The number of nitrogens with zero attached hydrogens (tertiary/aromatic N) is 1. The third-order valence-electron chi connectivity index (χ3n) is 5.39. The molecule has 180 valence electrons. The van der Waals surface area contributed by atoms with E-state index in [1.807, 2.05) is 31.2 Å². The summed E-state index contributed by atoms with van der Waals surface area (Å²) in [5.41, 5.74) is 0.624. The van der Waals surface area contributed by atoms with Crippen LogP contribution in [0.1, 0.15) is 60.8 Å². The van der Waals surface area contributed by atoms with Crippen molar-refractivity contribution in [2.75, 3.05) is 12.4 Å². The fourth-order valence-corrected chi connectivity index (χ4v) is 3.55. The Morgan fingerprint density at radius 3 is 2.35 bits per heavy atom. The van der Waals surface area contributed by atoms with Gasteiger partial charge in [0.15, 0.2) is 0 Å². The topological polar surface area (TPSA) is 90.9 Å². The van der Waals surface area contributed by atoms with Gasteiger partial charge in [-0.2, -0.15) is 13.2 Å². The van der Waals surface area contributed by atoms with Gasteiger partial charge in [-0.1, -0.05) is 37.6 Å². The molecule has 1 unspecified atom stereocenters. The number of rotatable bonds is 9. The first-order valence-corrected chi connectivity index (χ1v) is 10.9. The molecular weight excluding hydrogens is 445 g/mol. The lowest BCUT2D eigenvalue weighted by molar-refractivity contribution is -0.137. The van der Waals surface area contributed by atoms with Crippen molar-refractivity contribution >= 4 is 11.5 Å². The van der Waals surface area contributed by atoms with Gasteiger partial charge in [0.2, 0.25) is 0 Å². The first-order valence-electron chi connectivity index (χ1n) is 10.9. The van der Waals surface area contributed by atoms with Crippen molar-refractivity contribution in [3.8, 4) is 5.75 Å². The molecule has 2 aromatic carbocycles. The lowest BCUT2D eigenvalue weighted by atomic mass is 10.0. The number of anilines is 1. The second kappa shape index (κ2) is 10.5. The Kier molecular flexibility index (Phi) is 7.75. The van der Waals surface area contributed by atoms with Gasteiger partial charge in [-0.3, -0.25) is 4.79 Å². The number of hydrogen-bond acceptors (Lipinski definition) is 5. The first kappa shape index (κ1) is 25.0. The molecule has 0 fully saturated rings. The second-order valence-electron chi connectivity index (χ2n) is 7.98. The molecule has 0 saturated carbocycles. The smallest absolute Gasteiger partial charge is 0.416 e. The van der Waals surface area contributed by atoms with E-state index in [4.69, 9.17) is 10.1 Å². The first-order chi connectivity index (χ1) is 16.1.